The van der Waals surface area contributed by atoms with Crippen LogP contribution in [-0.4, -0.2) is 69.4 Å². The van der Waals surface area contributed by atoms with Gasteiger partial charge in [-0.2, -0.15) is 0 Å². The van der Waals surface area contributed by atoms with E-state index in [9.17, 15) is 13.2 Å². The third-order valence-electron chi connectivity index (χ3n) is 4.97. The molecule has 2 saturated heterocycles. The fraction of sp³-hybridized carbons (Fsp3) is 0.929. The topological polar surface area (TPSA) is 57.7 Å². The second-order valence-corrected chi connectivity index (χ2v) is 8.80. The molecule has 116 valence electrons. The van der Waals surface area contributed by atoms with Gasteiger partial charge >= 0.3 is 0 Å². The highest BCUT2D eigenvalue weighted by molar-refractivity contribution is 7.90. The summed E-state index contributed by atoms with van der Waals surface area (Å²) in [5.41, 5.74) is 0.308. The van der Waals surface area contributed by atoms with Crippen molar-refractivity contribution in [2.24, 2.45) is 5.41 Å². The summed E-state index contributed by atoms with van der Waals surface area (Å²) in [6.45, 7) is 3.44. The van der Waals surface area contributed by atoms with Gasteiger partial charge in [-0.05, 0) is 44.2 Å². The van der Waals surface area contributed by atoms with Crippen LogP contribution in [0, 0.1) is 5.41 Å². The van der Waals surface area contributed by atoms with Crippen LogP contribution in [0.25, 0.3) is 0 Å². The third kappa shape index (κ3) is 4.19. The minimum Gasteiger partial charge on any atom is -0.346 e. The zero-order chi connectivity index (χ0) is 14.8. The Balaban J connectivity index is 1.85. The first-order chi connectivity index (χ1) is 9.30. The summed E-state index contributed by atoms with van der Waals surface area (Å²) in [5, 5.41) is 0. The van der Waals surface area contributed by atoms with Crippen molar-refractivity contribution >= 4 is 15.7 Å². The van der Waals surface area contributed by atoms with E-state index in [4.69, 9.17) is 0 Å². The molecule has 0 aromatic rings. The minimum absolute atomic E-state index is 0.251. The number of carbonyl (C=O) groups is 1. The molecule has 0 aromatic heterocycles. The number of carbonyl (C=O) groups excluding carboxylic acids is 1. The Kier molecular flexibility index (Phi) is 4.74. The molecule has 2 heterocycles. The summed E-state index contributed by atoms with van der Waals surface area (Å²) in [5.74, 6) is 0.516. The SMILES string of the molecule is CN1CCC2(CCC1=O)CCN(CCS(C)(=O)=O)CC2. The van der Waals surface area contributed by atoms with E-state index in [1.54, 1.807) is 0 Å². The number of hydrogen-bond acceptors (Lipinski definition) is 4. The van der Waals surface area contributed by atoms with Crippen molar-refractivity contribution in [3.05, 3.63) is 0 Å². The molecule has 1 spiro atoms. The molecule has 0 radical (unpaired) electrons. The third-order valence-corrected chi connectivity index (χ3v) is 5.89. The molecule has 0 atom stereocenters. The second-order valence-electron chi connectivity index (χ2n) is 6.54. The van der Waals surface area contributed by atoms with Gasteiger partial charge in [0.2, 0.25) is 5.91 Å². The number of amides is 1. The van der Waals surface area contributed by atoms with Gasteiger partial charge in [-0.25, -0.2) is 8.42 Å². The summed E-state index contributed by atoms with van der Waals surface area (Å²) in [7, 11) is -0.979. The molecule has 6 heteroatoms. The number of nitrogens with zero attached hydrogens (tertiary/aromatic N) is 2. The van der Waals surface area contributed by atoms with E-state index in [0.717, 1.165) is 45.3 Å². The van der Waals surface area contributed by atoms with E-state index >= 15 is 0 Å². The van der Waals surface area contributed by atoms with Crippen LogP contribution < -0.4 is 0 Å². The lowest BCUT2D eigenvalue weighted by Crippen LogP contribution is -2.42. The first-order valence-corrected chi connectivity index (χ1v) is 9.50. The van der Waals surface area contributed by atoms with Crippen LogP contribution in [0.2, 0.25) is 0 Å². The zero-order valence-corrected chi connectivity index (χ0v) is 13.4. The Labute approximate surface area is 122 Å². The van der Waals surface area contributed by atoms with Crippen molar-refractivity contribution in [1.82, 2.24) is 9.80 Å². The van der Waals surface area contributed by atoms with Crippen molar-refractivity contribution in [1.29, 1.82) is 0 Å². The molecule has 2 aliphatic rings. The van der Waals surface area contributed by atoms with E-state index in [2.05, 4.69) is 4.90 Å². The molecule has 0 saturated carbocycles. The largest absolute Gasteiger partial charge is 0.346 e. The average Bonchev–Trinajstić information content (AvgIpc) is 2.52. The molecule has 20 heavy (non-hydrogen) atoms. The van der Waals surface area contributed by atoms with Crippen LogP contribution in [0.15, 0.2) is 0 Å². The molecule has 0 N–H and O–H groups in total. The Hall–Kier alpha value is -0.620. The van der Waals surface area contributed by atoms with Crippen LogP contribution in [0.5, 0.6) is 0 Å². The van der Waals surface area contributed by atoms with E-state index in [1.807, 2.05) is 11.9 Å². The Morgan fingerprint density at radius 3 is 2.30 bits per heavy atom. The van der Waals surface area contributed by atoms with Crippen LogP contribution in [-0.2, 0) is 14.6 Å². The van der Waals surface area contributed by atoms with E-state index in [1.165, 1.54) is 6.26 Å². The minimum atomic E-state index is -2.87. The Morgan fingerprint density at radius 1 is 1.10 bits per heavy atom. The zero-order valence-electron chi connectivity index (χ0n) is 12.6. The number of sulfone groups is 1. The van der Waals surface area contributed by atoms with E-state index < -0.39 is 9.84 Å². The summed E-state index contributed by atoms with van der Waals surface area (Å²) in [4.78, 5) is 15.9. The number of likely N-dealkylation sites (tertiary alicyclic amines) is 2. The highest BCUT2D eigenvalue weighted by Gasteiger charge is 2.37. The molecule has 0 aromatic carbocycles. The van der Waals surface area contributed by atoms with Crippen molar-refractivity contribution in [3.8, 4) is 0 Å². The fourth-order valence-electron chi connectivity index (χ4n) is 3.26. The molecule has 0 unspecified atom stereocenters. The molecular formula is C14H26N2O3S. The highest BCUT2D eigenvalue weighted by Crippen LogP contribution is 2.41. The monoisotopic (exact) mass is 302 g/mol. The van der Waals surface area contributed by atoms with Gasteiger partial charge in [0.25, 0.3) is 0 Å². The first kappa shape index (κ1) is 15.8. The summed E-state index contributed by atoms with van der Waals surface area (Å²) in [6.07, 6.45) is 6.24. The smallest absolute Gasteiger partial charge is 0.222 e. The van der Waals surface area contributed by atoms with Gasteiger partial charge in [0, 0.05) is 32.8 Å². The molecule has 2 fully saturated rings. The fourth-order valence-corrected chi connectivity index (χ4v) is 3.85. The Bertz CT molecular complexity index is 453. The first-order valence-electron chi connectivity index (χ1n) is 7.44. The van der Waals surface area contributed by atoms with Gasteiger partial charge in [0.15, 0.2) is 0 Å². The predicted molar refractivity (Wildman–Crippen MR) is 79.3 cm³/mol. The summed E-state index contributed by atoms with van der Waals surface area (Å²) >= 11 is 0. The van der Waals surface area contributed by atoms with Crippen LogP contribution in [0.3, 0.4) is 0 Å². The second kappa shape index (κ2) is 6.02. The highest BCUT2D eigenvalue weighted by atomic mass is 32.2. The lowest BCUT2D eigenvalue weighted by molar-refractivity contribution is -0.129. The molecule has 0 aliphatic carbocycles. The number of hydrogen-bond donors (Lipinski definition) is 0. The van der Waals surface area contributed by atoms with Gasteiger partial charge < -0.3 is 9.80 Å². The van der Waals surface area contributed by atoms with Crippen molar-refractivity contribution in [2.75, 3.05) is 45.2 Å². The quantitative estimate of drug-likeness (QED) is 0.772. The molecular weight excluding hydrogens is 276 g/mol. The maximum absolute atomic E-state index is 11.8. The van der Waals surface area contributed by atoms with E-state index in [0.29, 0.717) is 18.4 Å². The van der Waals surface area contributed by atoms with Crippen molar-refractivity contribution in [2.45, 2.75) is 32.1 Å². The van der Waals surface area contributed by atoms with Crippen molar-refractivity contribution in [3.63, 3.8) is 0 Å². The standard InChI is InChI=1S/C14H26N2O3S/c1-15-8-5-14(4-3-13(15)17)6-9-16(10-7-14)11-12-20(2,18)19/h3-12H2,1-2H3. The maximum atomic E-state index is 11.8. The molecule has 1 amide bonds. The summed E-state index contributed by atoms with van der Waals surface area (Å²) in [6, 6.07) is 0. The normalized spacial score (nSPS) is 24.9. The van der Waals surface area contributed by atoms with Gasteiger partial charge in [-0.15, -0.1) is 0 Å². The van der Waals surface area contributed by atoms with Crippen LogP contribution in [0.4, 0.5) is 0 Å². The number of piperidine rings is 1. The molecule has 5 nitrogen and oxygen atoms in total. The number of rotatable bonds is 3. The lowest BCUT2D eigenvalue weighted by Gasteiger charge is -2.41. The van der Waals surface area contributed by atoms with Gasteiger partial charge in [0.05, 0.1) is 5.75 Å². The lowest BCUT2D eigenvalue weighted by atomic mass is 9.73. The van der Waals surface area contributed by atoms with Gasteiger partial charge in [-0.1, -0.05) is 0 Å². The summed E-state index contributed by atoms with van der Waals surface area (Å²) < 4.78 is 22.4. The van der Waals surface area contributed by atoms with Gasteiger partial charge in [0.1, 0.15) is 9.84 Å². The Morgan fingerprint density at radius 2 is 1.70 bits per heavy atom. The average molecular weight is 302 g/mol. The van der Waals surface area contributed by atoms with Crippen LogP contribution >= 0.6 is 0 Å². The molecule has 2 aliphatic heterocycles. The predicted octanol–water partition coefficient (Wildman–Crippen LogP) is 0.756. The van der Waals surface area contributed by atoms with Crippen LogP contribution in [0.1, 0.15) is 32.1 Å². The van der Waals surface area contributed by atoms with Crippen molar-refractivity contribution < 1.29 is 13.2 Å². The molecule has 0 bridgehead atoms. The molecule has 2 rings (SSSR count). The maximum Gasteiger partial charge on any atom is 0.222 e. The van der Waals surface area contributed by atoms with Gasteiger partial charge in [-0.3, -0.25) is 4.79 Å². The van der Waals surface area contributed by atoms with E-state index in [-0.39, 0.29) is 11.7 Å².